The summed E-state index contributed by atoms with van der Waals surface area (Å²) in [5.41, 5.74) is 0. The molecule has 0 spiro atoms. The predicted octanol–water partition coefficient (Wildman–Crippen LogP) is 8.49. The predicted molar refractivity (Wildman–Crippen MR) is 121 cm³/mol. The van der Waals surface area contributed by atoms with Crippen molar-refractivity contribution in [3.05, 3.63) is 20.4 Å². The second-order valence-electron chi connectivity index (χ2n) is 6.66. The Hall–Kier alpha value is 0.460. The first-order valence-electron chi connectivity index (χ1n) is 9.97. The molecule has 0 bridgehead atoms. The van der Waals surface area contributed by atoms with E-state index in [1.165, 1.54) is 12.8 Å². The van der Waals surface area contributed by atoms with Crippen molar-refractivity contribution in [3.8, 4) is 0 Å². The minimum atomic E-state index is -3.78. The average Bonchev–Trinajstić information content (AvgIpc) is 2.66. The van der Waals surface area contributed by atoms with Gasteiger partial charge in [0.25, 0.3) is 0 Å². The second kappa shape index (κ2) is 14.5. The summed E-state index contributed by atoms with van der Waals surface area (Å²) < 4.78 is 25.0. The van der Waals surface area contributed by atoms with Gasteiger partial charge in [0.1, 0.15) is 15.6 Å². The lowest BCUT2D eigenvalue weighted by molar-refractivity contribution is 0.206. The zero-order chi connectivity index (χ0) is 21.0. The Bertz CT molecular complexity index is 600. The lowest BCUT2D eigenvalue weighted by Gasteiger charge is -2.21. The van der Waals surface area contributed by atoms with Crippen molar-refractivity contribution >= 4 is 59.3 Å². The van der Waals surface area contributed by atoms with Crippen LogP contribution in [-0.4, -0.2) is 18.2 Å². The van der Waals surface area contributed by atoms with E-state index in [2.05, 4.69) is 18.8 Å². The van der Waals surface area contributed by atoms with Crippen molar-refractivity contribution in [1.82, 2.24) is 4.98 Å². The number of aromatic nitrogens is 1. The van der Waals surface area contributed by atoms with Crippen LogP contribution in [-0.2, 0) is 13.6 Å². The molecule has 0 fully saturated rings. The Balaban J connectivity index is 2.87. The number of halogens is 4. The van der Waals surface area contributed by atoms with Crippen LogP contribution in [0.15, 0.2) is 0 Å². The van der Waals surface area contributed by atoms with E-state index >= 15 is 0 Å². The number of pyridine rings is 1. The molecule has 0 aliphatic heterocycles. The van der Waals surface area contributed by atoms with Gasteiger partial charge in [-0.25, -0.2) is 4.98 Å². The Morgan fingerprint density at radius 1 is 0.714 bits per heavy atom. The molecule has 162 valence electrons. The molecule has 28 heavy (non-hydrogen) atoms. The highest BCUT2D eigenvalue weighted by molar-refractivity contribution is 7.62. The molecule has 1 aromatic heterocycles. The molecule has 1 heterocycles. The van der Waals surface area contributed by atoms with Crippen molar-refractivity contribution in [1.29, 1.82) is 0 Å². The van der Waals surface area contributed by atoms with Crippen LogP contribution < -0.4 is 5.30 Å². The monoisotopic (exact) mass is 491 g/mol. The van der Waals surface area contributed by atoms with Crippen molar-refractivity contribution in [2.75, 3.05) is 13.2 Å². The third kappa shape index (κ3) is 8.68. The molecule has 9 heteroatoms. The van der Waals surface area contributed by atoms with Gasteiger partial charge in [0.2, 0.25) is 0 Å². The first-order valence-corrected chi connectivity index (χ1v) is 13.0. The molecular formula is C19H30Cl4NO3P. The standard InChI is InChI=1S/C19H30Cl4NO3P/c1-3-5-7-9-11-13-26-28(25,27-14-12-10-8-6-4-2)17-15(20)18(22)24-19(23)16(17)21/h3-14H2,1-2H3. The van der Waals surface area contributed by atoms with Gasteiger partial charge in [-0.1, -0.05) is 112 Å². The molecule has 0 N–H and O–H groups in total. The van der Waals surface area contributed by atoms with Gasteiger partial charge in [-0.3, -0.25) is 4.57 Å². The Morgan fingerprint density at radius 2 is 1.11 bits per heavy atom. The minimum Gasteiger partial charge on any atom is -0.305 e. The fourth-order valence-corrected chi connectivity index (χ4v) is 5.90. The fraction of sp³-hybridized carbons (Fsp3) is 0.737. The summed E-state index contributed by atoms with van der Waals surface area (Å²) in [5, 5.41) is -0.246. The molecule has 0 aromatic carbocycles. The van der Waals surface area contributed by atoms with Crippen molar-refractivity contribution in [3.63, 3.8) is 0 Å². The maximum atomic E-state index is 13.6. The van der Waals surface area contributed by atoms with Crippen molar-refractivity contribution < 1.29 is 13.6 Å². The number of hydrogen-bond donors (Lipinski definition) is 0. The summed E-state index contributed by atoms with van der Waals surface area (Å²) in [6, 6.07) is 0. The maximum absolute atomic E-state index is 13.6. The fourth-order valence-electron chi connectivity index (χ4n) is 2.66. The molecule has 0 unspecified atom stereocenters. The number of unbranched alkanes of at least 4 members (excludes halogenated alkanes) is 8. The molecule has 0 saturated heterocycles. The summed E-state index contributed by atoms with van der Waals surface area (Å²) in [6.07, 6.45) is 10.4. The van der Waals surface area contributed by atoms with Gasteiger partial charge < -0.3 is 9.05 Å². The third-order valence-electron chi connectivity index (χ3n) is 4.27. The Morgan fingerprint density at radius 3 is 1.50 bits per heavy atom. The van der Waals surface area contributed by atoms with Crippen LogP contribution in [0.1, 0.15) is 78.1 Å². The first-order chi connectivity index (χ1) is 13.4. The summed E-state index contributed by atoms with van der Waals surface area (Å²) in [6.45, 7) is 4.86. The van der Waals surface area contributed by atoms with E-state index in [-0.39, 0.29) is 38.9 Å². The van der Waals surface area contributed by atoms with E-state index in [9.17, 15) is 4.57 Å². The van der Waals surface area contributed by atoms with E-state index in [1.54, 1.807) is 0 Å². The summed E-state index contributed by atoms with van der Waals surface area (Å²) in [5.74, 6) is 0. The molecule has 4 nitrogen and oxygen atoms in total. The summed E-state index contributed by atoms with van der Waals surface area (Å²) in [4.78, 5) is 3.84. The Kier molecular flexibility index (Phi) is 13.7. The molecule has 1 rings (SSSR count). The van der Waals surface area contributed by atoms with Crippen LogP contribution in [0.3, 0.4) is 0 Å². The number of hydrogen-bond acceptors (Lipinski definition) is 4. The highest BCUT2D eigenvalue weighted by Gasteiger charge is 2.35. The highest BCUT2D eigenvalue weighted by Crippen LogP contribution is 2.52. The zero-order valence-corrected chi connectivity index (χ0v) is 20.5. The van der Waals surface area contributed by atoms with E-state index < -0.39 is 7.60 Å². The van der Waals surface area contributed by atoms with Gasteiger partial charge in [-0.05, 0) is 12.8 Å². The van der Waals surface area contributed by atoms with E-state index in [0.717, 1.165) is 51.4 Å². The van der Waals surface area contributed by atoms with Gasteiger partial charge in [0.15, 0.2) is 0 Å². The van der Waals surface area contributed by atoms with Gasteiger partial charge >= 0.3 is 7.60 Å². The first kappa shape index (κ1) is 26.5. The van der Waals surface area contributed by atoms with Crippen molar-refractivity contribution in [2.45, 2.75) is 78.1 Å². The molecule has 0 aliphatic carbocycles. The largest absolute Gasteiger partial charge is 0.364 e. The molecule has 1 aromatic rings. The number of rotatable bonds is 15. The molecule has 0 radical (unpaired) electrons. The lowest BCUT2D eigenvalue weighted by Crippen LogP contribution is -2.16. The van der Waals surface area contributed by atoms with Crippen molar-refractivity contribution in [2.24, 2.45) is 0 Å². The van der Waals surface area contributed by atoms with Gasteiger partial charge in [0.05, 0.1) is 23.3 Å². The van der Waals surface area contributed by atoms with Crippen LogP contribution in [0.2, 0.25) is 20.4 Å². The van der Waals surface area contributed by atoms with E-state index in [1.807, 2.05) is 0 Å². The van der Waals surface area contributed by atoms with Gasteiger partial charge in [-0.15, -0.1) is 0 Å². The van der Waals surface area contributed by atoms with Crippen LogP contribution in [0.25, 0.3) is 0 Å². The molecule has 0 aliphatic rings. The SMILES string of the molecule is CCCCCCCOP(=O)(OCCCCCCC)c1c(Cl)c(Cl)nc(Cl)c1Cl. The van der Waals surface area contributed by atoms with Crippen LogP contribution >= 0.6 is 54.0 Å². The second-order valence-corrected chi connectivity index (χ2v) is 10.1. The minimum absolute atomic E-state index is 0.00273. The van der Waals surface area contributed by atoms with E-state index in [0.29, 0.717) is 0 Å². The topological polar surface area (TPSA) is 48.4 Å². The molecular weight excluding hydrogens is 463 g/mol. The quantitative estimate of drug-likeness (QED) is 0.140. The normalized spacial score (nSPS) is 11.9. The summed E-state index contributed by atoms with van der Waals surface area (Å²) >= 11 is 24.5. The Labute approximate surface area is 189 Å². The number of nitrogens with zero attached hydrogens (tertiary/aromatic N) is 1. The maximum Gasteiger partial charge on any atom is 0.364 e. The lowest BCUT2D eigenvalue weighted by atomic mass is 10.2. The van der Waals surface area contributed by atoms with Crippen LogP contribution in [0.5, 0.6) is 0 Å². The van der Waals surface area contributed by atoms with Gasteiger partial charge in [0, 0.05) is 0 Å². The molecule has 0 amide bonds. The molecule has 0 saturated carbocycles. The van der Waals surface area contributed by atoms with Crippen LogP contribution in [0.4, 0.5) is 0 Å². The average molecular weight is 493 g/mol. The smallest absolute Gasteiger partial charge is 0.305 e. The van der Waals surface area contributed by atoms with E-state index in [4.69, 9.17) is 55.5 Å². The highest BCUT2D eigenvalue weighted by atomic mass is 35.5. The third-order valence-corrected chi connectivity index (χ3v) is 8.05. The summed E-state index contributed by atoms with van der Waals surface area (Å²) in [7, 11) is -3.78. The van der Waals surface area contributed by atoms with Crippen LogP contribution in [0, 0.1) is 0 Å². The molecule has 0 atom stereocenters. The zero-order valence-electron chi connectivity index (χ0n) is 16.6. The van der Waals surface area contributed by atoms with Gasteiger partial charge in [-0.2, -0.15) is 0 Å².